The highest BCUT2D eigenvalue weighted by Gasteiger charge is 2.16. The van der Waals surface area contributed by atoms with Gasteiger partial charge in [-0.05, 0) is 33.4 Å². The Labute approximate surface area is 68.5 Å². The number of hydrogen-bond acceptors (Lipinski definition) is 2. The second-order valence-corrected chi connectivity index (χ2v) is 3.43. The van der Waals surface area contributed by atoms with Crippen LogP contribution in [0.3, 0.4) is 0 Å². The molecule has 0 spiro atoms. The summed E-state index contributed by atoms with van der Waals surface area (Å²) in [6.07, 6.45) is 6.90. The molecule has 11 heavy (non-hydrogen) atoms. The van der Waals surface area contributed by atoms with Gasteiger partial charge in [0.25, 0.3) is 0 Å². The molecule has 0 unspecified atom stereocenters. The smallest absolute Gasteiger partial charge is 0.0735 e. The standard InChI is InChI=1S/C9H17NO/c1-10(2)8-5-3-4-6-9(11)7-8/h4,6,8-9,11H,3,5,7H2,1-2H3/t8-,9+/m0/s1. The number of rotatable bonds is 1. The maximum absolute atomic E-state index is 9.40. The molecule has 64 valence electrons. The fourth-order valence-electron chi connectivity index (χ4n) is 1.49. The quantitative estimate of drug-likeness (QED) is 0.571. The van der Waals surface area contributed by atoms with Crippen molar-refractivity contribution in [2.75, 3.05) is 14.1 Å². The molecular formula is C9H17NO. The molecule has 0 amide bonds. The average Bonchev–Trinajstić information content (AvgIpc) is 2.13. The number of nitrogens with zero attached hydrogens (tertiary/aromatic N) is 1. The van der Waals surface area contributed by atoms with E-state index in [1.165, 1.54) is 6.42 Å². The van der Waals surface area contributed by atoms with Crippen LogP contribution in [0.1, 0.15) is 19.3 Å². The molecule has 0 saturated carbocycles. The SMILES string of the molecule is CN(C)[C@H]1CCC=C[C@@H](O)C1. The Morgan fingerprint density at radius 3 is 2.82 bits per heavy atom. The summed E-state index contributed by atoms with van der Waals surface area (Å²) in [5.41, 5.74) is 0. The summed E-state index contributed by atoms with van der Waals surface area (Å²) in [5.74, 6) is 0. The Kier molecular flexibility index (Phi) is 3.09. The Bertz CT molecular complexity index is 142. The fourth-order valence-corrected chi connectivity index (χ4v) is 1.49. The van der Waals surface area contributed by atoms with E-state index in [2.05, 4.69) is 25.1 Å². The van der Waals surface area contributed by atoms with Crippen molar-refractivity contribution in [3.63, 3.8) is 0 Å². The molecule has 0 fully saturated rings. The molecule has 2 heteroatoms. The third-order valence-electron chi connectivity index (χ3n) is 2.27. The van der Waals surface area contributed by atoms with Gasteiger partial charge in [-0.15, -0.1) is 0 Å². The zero-order valence-corrected chi connectivity index (χ0v) is 7.33. The molecule has 2 nitrogen and oxygen atoms in total. The first-order valence-electron chi connectivity index (χ1n) is 4.21. The van der Waals surface area contributed by atoms with Crippen molar-refractivity contribution in [2.45, 2.75) is 31.4 Å². The van der Waals surface area contributed by atoms with Crippen LogP contribution in [0.15, 0.2) is 12.2 Å². The van der Waals surface area contributed by atoms with Crippen LogP contribution in [0.4, 0.5) is 0 Å². The first-order valence-corrected chi connectivity index (χ1v) is 4.21. The first kappa shape index (κ1) is 8.75. The summed E-state index contributed by atoms with van der Waals surface area (Å²) in [7, 11) is 4.14. The lowest BCUT2D eigenvalue weighted by atomic mass is 10.1. The van der Waals surface area contributed by atoms with E-state index in [0.29, 0.717) is 6.04 Å². The molecule has 0 aromatic carbocycles. The molecule has 0 saturated heterocycles. The molecule has 1 N–H and O–H groups in total. The van der Waals surface area contributed by atoms with Crippen LogP contribution in [-0.4, -0.2) is 36.2 Å². The van der Waals surface area contributed by atoms with E-state index in [-0.39, 0.29) is 6.10 Å². The van der Waals surface area contributed by atoms with E-state index < -0.39 is 0 Å². The molecule has 2 atom stereocenters. The molecule has 0 aromatic rings. The van der Waals surface area contributed by atoms with Crippen LogP contribution in [0, 0.1) is 0 Å². The number of hydrogen-bond donors (Lipinski definition) is 1. The predicted octanol–water partition coefficient (Wildman–Crippen LogP) is 1.02. The van der Waals surface area contributed by atoms with Gasteiger partial charge in [0.15, 0.2) is 0 Å². The van der Waals surface area contributed by atoms with Gasteiger partial charge in [0.2, 0.25) is 0 Å². The van der Waals surface area contributed by atoms with Crippen LogP contribution in [0.25, 0.3) is 0 Å². The summed E-state index contributed by atoms with van der Waals surface area (Å²) in [5, 5.41) is 9.40. The summed E-state index contributed by atoms with van der Waals surface area (Å²) in [6.45, 7) is 0. The molecule has 0 aromatic heterocycles. The summed E-state index contributed by atoms with van der Waals surface area (Å²) < 4.78 is 0. The van der Waals surface area contributed by atoms with Gasteiger partial charge in [-0.25, -0.2) is 0 Å². The van der Waals surface area contributed by atoms with Gasteiger partial charge in [-0.2, -0.15) is 0 Å². The van der Waals surface area contributed by atoms with E-state index >= 15 is 0 Å². The van der Waals surface area contributed by atoms with E-state index in [4.69, 9.17) is 0 Å². The van der Waals surface area contributed by atoms with Crippen molar-refractivity contribution < 1.29 is 5.11 Å². The number of aliphatic hydroxyl groups is 1. The highest BCUT2D eigenvalue weighted by atomic mass is 16.3. The van der Waals surface area contributed by atoms with Crippen molar-refractivity contribution in [3.8, 4) is 0 Å². The van der Waals surface area contributed by atoms with E-state index in [0.717, 1.165) is 12.8 Å². The van der Waals surface area contributed by atoms with E-state index in [1.807, 2.05) is 6.08 Å². The van der Waals surface area contributed by atoms with Crippen LogP contribution in [0.5, 0.6) is 0 Å². The predicted molar refractivity (Wildman–Crippen MR) is 46.5 cm³/mol. The summed E-state index contributed by atoms with van der Waals surface area (Å²) >= 11 is 0. The molecule has 1 rings (SSSR count). The summed E-state index contributed by atoms with van der Waals surface area (Å²) in [4.78, 5) is 2.19. The van der Waals surface area contributed by atoms with Gasteiger partial charge in [-0.1, -0.05) is 12.2 Å². The number of aliphatic hydroxyl groups excluding tert-OH is 1. The third-order valence-corrected chi connectivity index (χ3v) is 2.27. The van der Waals surface area contributed by atoms with Crippen LogP contribution in [-0.2, 0) is 0 Å². The second kappa shape index (κ2) is 3.88. The third kappa shape index (κ3) is 2.64. The highest BCUT2D eigenvalue weighted by molar-refractivity contribution is 4.95. The lowest BCUT2D eigenvalue weighted by Crippen LogP contribution is -2.30. The van der Waals surface area contributed by atoms with Crippen LogP contribution >= 0.6 is 0 Å². The maximum atomic E-state index is 9.40. The molecule has 0 bridgehead atoms. The zero-order valence-electron chi connectivity index (χ0n) is 7.33. The van der Waals surface area contributed by atoms with E-state index in [9.17, 15) is 5.11 Å². The van der Waals surface area contributed by atoms with Gasteiger partial charge in [0.1, 0.15) is 0 Å². The average molecular weight is 155 g/mol. The van der Waals surface area contributed by atoms with Gasteiger partial charge in [0.05, 0.1) is 6.10 Å². The monoisotopic (exact) mass is 155 g/mol. The molecule has 0 heterocycles. The molecule has 0 aliphatic heterocycles. The second-order valence-electron chi connectivity index (χ2n) is 3.43. The minimum Gasteiger partial charge on any atom is -0.389 e. The normalized spacial score (nSPS) is 32.4. The maximum Gasteiger partial charge on any atom is 0.0735 e. The Balaban J connectivity index is 2.45. The first-order chi connectivity index (χ1) is 5.20. The highest BCUT2D eigenvalue weighted by Crippen LogP contribution is 2.15. The Hall–Kier alpha value is -0.340. The van der Waals surface area contributed by atoms with Crippen LogP contribution in [0.2, 0.25) is 0 Å². The minimum atomic E-state index is -0.232. The van der Waals surface area contributed by atoms with Gasteiger partial charge < -0.3 is 10.0 Å². The molecule has 1 aliphatic rings. The summed E-state index contributed by atoms with van der Waals surface area (Å²) in [6, 6.07) is 0.542. The van der Waals surface area contributed by atoms with E-state index in [1.54, 1.807) is 0 Å². The topological polar surface area (TPSA) is 23.5 Å². The van der Waals surface area contributed by atoms with Crippen molar-refractivity contribution in [2.24, 2.45) is 0 Å². The van der Waals surface area contributed by atoms with Crippen molar-refractivity contribution >= 4 is 0 Å². The van der Waals surface area contributed by atoms with Crippen molar-refractivity contribution in [1.82, 2.24) is 4.90 Å². The lowest BCUT2D eigenvalue weighted by Gasteiger charge is -2.23. The molecule has 1 aliphatic carbocycles. The fraction of sp³-hybridized carbons (Fsp3) is 0.778. The Morgan fingerprint density at radius 2 is 2.18 bits per heavy atom. The van der Waals surface area contributed by atoms with Crippen LogP contribution < -0.4 is 0 Å². The van der Waals surface area contributed by atoms with Gasteiger partial charge in [0, 0.05) is 6.04 Å². The number of allylic oxidation sites excluding steroid dienone is 1. The lowest BCUT2D eigenvalue weighted by molar-refractivity contribution is 0.159. The molecule has 0 radical (unpaired) electrons. The van der Waals surface area contributed by atoms with Gasteiger partial charge in [-0.3, -0.25) is 0 Å². The minimum absolute atomic E-state index is 0.232. The Morgan fingerprint density at radius 1 is 1.45 bits per heavy atom. The molecular weight excluding hydrogens is 138 g/mol. The van der Waals surface area contributed by atoms with Crippen molar-refractivity contribution in [3.05, 3.63) is 12.2 Å². The van der Waals surface area contributed by atoms with Crippen molar-refractivity contribution in [1.29, 1.82) is 0 Å². The van der Waals surface area contributed by atoms with Gasteiger partial charge >= 0.3 is 0 Å². The zero-order chi connectivity index (χ0) is 8.27. The largest absolute Gasteiger partial charge is 0.389 e.